The highest BCUT2D eigenvalue weighted by atomic mass is 79.9. The van der Waals surface area contributed by atoms with E-state index in [1.54, 1.807) is 38.1 Å². The Bertz CT molecular complexity index is 2940. The zero-order valence-corrected chi connectivity index (χ0v) is 38.2. The van der Waals surface area contributed by atoms with Crippen LogP contribution in [0.3, 0.4) is 0 Å². The summed E-state index contributed by atoms with van der Waals surface area (Å²) in [6, 6.07) is 20.5. The third kappa shape index (κ3) is 10.4. The Morgan fingerprint density at radius 1 is 0.726 bits per heavy atom. The van der Waals surface area contributed by atoms with E-state index in [1.165, 1.54) is 73.1 Å². The van der Waals surface area contributed by atoms with Gasteiger partial charge >= 0.3 is 17.9 Å². The molecule has 1 N–H and O–H groups in total. The van der Waals surface area contributed by atoms with Crippen LogP contribution in [0.4, 0.5) is 0 Å². The fourth-order valence-corrected chi connectivity index (χ4v) is 10.2. The van der Waals surface area contributed by atoms with Crippen molar-refractivity contribution in [3.05, 3.63) is 135 Å². The summed E-state index contributed by atoms with van der Waals surface area (Å²) in [4.78, 5) is 40.1. The predicted molar refractivity (Wildman–Crippen MR) is 234 cm³/mol. The normalized spacial score (nSPS) is 11.6. The van der Waals surface area contributed by atoms with Crippen LogP contribution in [0.5, 0.6) is 5.75 Å². The summed E-state index contributed by atoms with van der Waals surface area (Å²) in [5.74, 6) is -2.95. The Morgan fingerprint density at radius 3 is 1.76 bits per heavy atom. The Labute approximate surface area is 375 Å². The number of rotatable bonds is 13. The van der Waals surface area contributed by atoms with Gasteiger partial charge in [-0.05, 0) is 86.6 Å². The average Bonchev–Trinajstić information content (AvgIpc) is 3.88. The molecule has 0 saturated carbocycles. The lowest BCUT2D eigenvalue weighted by atomic mass is 10.2. The third-order valence-electron chi connectivity index (χ3n) is 8.77. The molecule has 6 rings (SSSR count). The quantitative estimate of drug-likeness (QED) is 0.0963. The first-order chi connectivity index (χ1) is 28.8. The zero-order chi connectivity index (χ0) is 44.9. The van der Waals surface area contributed by atoms with Gasteiger partial charge in [0.15, 0.2) is 11.4 Å². The molecule has 0 amide bonds. The van der Waals surface area contributed by atoms with Crippen LogP contribution < -0.4 is 0 Å². The van der Waals surface area contributed by atoms with E-state index in [-0.39, 0.29) is 56.6 Å². The van der Waals surface area contributed by atoms with Gasteiger partial charge in [-0.15, -0.1) is 0 Å². The standard InChI is InChI=1S/C24H25BrN2O8S2.C15H11BrN2O5S.CH4/c1-4-35-24(29)21-13-14-27(37(32,33)20-11-7-18(25)8-12-20)22(21)15-26(16-23(28)34-3)36(30,31)19-9-5-17(2)6-10-19;1-23-15(20)13-14(19)11-6-7-18(12(11)8-17-13)24(21,22)10-4-2-9(16)3-5-10;/h5-14H,4,15-16H2,1-3H3;2-8,19H,1H3;1H4. The molecule has 22 heteroatoms. The Balaban J connectivity index is 0.000000292. The highest BCUT2D eigenvalue weighted by molar-refractivity contribution is 9.10. The van der Waals surface area contributed by atoms with E-state index in [4.69, 9.17) is 4.74 Å². The van der Waals surface area contributed by atoms with Gasteiger partial charge in [0.2, 0.25) is 10.0 Å². The molecule has 0 bridgehead atoms. The number of carbonyl (C=O) groups is 3. The summed E-state index contributed by atoms with van der Waals surface area (Å²) in [5.41, 5.74) is 0.349. The maximum atomic E-state index is 13.5. The summed E-state index contributed by atoms with van der Waals surface area (Å²) in [7, 11) is -10.2. The van der Waals surface area contributed by atoms with Crippen LogP contribution in [0.15, 0.2) is 127 Å². The number of aryl methyl sites for hydroxylation is 1. The molecule has 0 aliphatic heterocycles. The summed E-state index contributed by atoms with van der Waals surface area (Å²) in [5, 5.41) is 10.3. The molecular formula is C40H40Br2N4O13S3. The summed E-state index contributed by atoms with van der Waals surface area (Å²) in [6.45, 7) is 2.02. The monoisotopic (exact) mass is 1040 g/mol. The van der Waals surface area contributed by atoms with Crippen molar-refractivity contribution in [1.29, 1.82) is 0 Å². The number of esters is 3. The molecule has 3 heterocycles. The smallest absolute Gasteiger partial charge is 0.360 e. The number of carbonyl (C=O) groups excluding carboxylic acids is 3. The molecule has 0 atom stereocenters. The van der Waals surface area contributed by atoms with Crippen LogP contribution in [0.1, 0.15) is 46.5 Å². The number of methoxy groups -OCH3 is 2. The number of hydrogen-bond acceptors (Lipinski definition) is 14. The number of aromatic hydroxyl groups is 1. The van der Waals surface area contributed by atoms with E-state index < -0.39 is 66.8 Å². The van der Waals surface area contributed by atoms with E-state index in [0.717, 1.165) is 42.7 Å². The van der Waals surface area contributed by atoms with Crippen molar-refractivity contribution < 1.29 is 59.0 Å². The van der Waals surface area contributed by atoms with Crippen LogP contribution in [0.2, 0.25) is 0 Å². The van der Waals surface area contributed by atoms with Gasteiger partial charge in [-0.3, -0.25) is 4.79 Å². The Kier molecular flexibility index (Phi) is 16.1. The van der Waals surface area contributed by atoms with E-state index in [1.807, 2.05) is 0 Å². The summed E-state index contributed by atoms with van der Waals surface area (Å²) >= 11 is 6.50. The summed E-state index contributed by atoms with van der Waals surface area (Å²) < 4.78 is 97.9. The number of halogens is 2. The van der Waals surface area contributed by atoms with Crippen molar-refractivity contribution in [1.82, 2.24) is 17.2 Å². The van der Waals surface area contributed by atoms with Crippen molar-refractivity contribution in [3.63, 3.8) is 0 Å². The van der Waals surface area contributed by atoms with Crippen molar-refractivity contribution in [3.8, 4) is 5.75 Å². The van der Waals surface area contributed by atoms with Crippen LogP contribution in [0, 0.1) is 6.92 Å². The first-order valence-corrected chi connectivity index (χ1v) is 23.5. The number of ether oxygens (including phenoxy) is 3. The molecule has 17 nitrogen and oxygen atoms in total. The molecule has 0 aliphatic rings. The van der Waals surface area contributed by atoms with Crippen LogP contribution in [-0.2, 0) is 55.6 Å². The van der Waals surface area contributed by atoms with Gasteiger partial charge in [-0.2, -0.15) is 4.31 Å². The lowest BCUT2D eigenvalue weighted by Crippen LogP contribution is -2.37. The second-order valence-electron chi connectivity index (χ2n) is 12.6. The van der Waals surface area contributed by atoms with Crippen molar-refractivity contribution in [2.45, 2.75) is 42.5 Å². The molecule has 3 aromatic heterocycles. The Hall–Kier alpha value is -5.39. The molecule has 0 unspecified atom stereocenters. The number of fused-ring (bicyclic) bond motifs is 1. The maximum Gasteiger partial charge on any atom is 0.360 e. The number of aromatic nitrogens is 3. The predicted octanol–water partition coefficient (Wildman–Crippen LogP) is 6.50. The van der Waals surface area contributed by atoms with E-state index >= 15 is 0 Å². The van der Waals surface area contributed by atoms with E-state index in [0.29, 0.717) is 4.47 Å². The van der Waals surface area contributed by atoms with Gasteiger partial charge in [0.25, 0.3) is 20.0 Å². The van der Waals surface area contributed by atoms with E-state index in [2.05, 4.69) is 46.3 Å². The minimum absolute atomic E-state index is 0. The molecule has 3 aromatic carbocycles. The second kappa shape index (κ2) is 20.2. The molecule has 0 fully saturated rings. The molecular weight excluding hydrogens is 1000 g/mol. The van der Waals surface area contributed by atoms with Gasteiger partial charge < -0.3 is 19.3 Å². The van der Waals surface area contributed by atoms with Gasteiger partial charge in [-0.1, -0.05) is 57.0 Å². The second-order valence-corrected chi connectivity index (χ2v) is 20.0. The lowest BCUT2D eigenvalue weighted by Gasteiger charge is -2.23. The Morgan fingerprint density at radius 2 is 1.24 bits per heavy atom. The van der Waals surface area contributed by atoms with Gasteiger partial charge in [0.05, 0.1) is 65.0 Å². The van der Waals surface area contributed by atoms with Crippen LogP contribution >= 0.6 is 31.9 Å². The lowest BCUT2D eigenvalue weighted by molar-refractivity contribution is -0.140. The van der Waals surface area contributed by atoms with Gasteiger partial charge in [0, 0.05) is 26.7 Å². The van der Waals surface area contributed by atoms with Gasteiger partial charge in [-0.25, -0.2) is 47.8 Å². The van der Waals surface area contributed by atoms with Gasteiger partial charge in [0.1, 0.15) is 6.54 Å². The first kappa shape index (κ1) is 49.3. The fraction of sp³-hybridized carbons (Fsp3) is 0.200. The molecule has 330 valence electrons. The molecule has 62 heavy (non-hydrogen) atoms. The van der Waals surface area contributed by atoms with E-state index in [9.17, 15) is 44.7 Å². The molecule has 0 aliphatic carbocycles. The number of pyridine rings is 1. The minimum Gasteiger partial charge on any atom is -0.505 e. The molecule has 0 radical (unpaired) electrons. The van der Waals surface area contributed by atoms with Crippen LogP contribution in [0.25, 0.3) is 10.9 Å². The van der Waals surface area contributed by atoms with Crippen LogP contribution in [-0.4, -0.2) is 92.9 Å². The number of nitrogens with zero attached hydrogens (tertiary/aromatic N) is 4. The van der Waals surface area contributed by atoms with Crippen molar-refractivity contribution in [2.75, 3.05) is 27.4 Å². The number of benzene rings is 3. The first-order valence-electron chi connectivity index (χ1n) is 17.6. The maximum absolute atomic E-state index is 13.5. The topological polar surface area (TPSA) is 228 Å². The van der Waals surface area contributed by atoms with Crippen molar-refractivity contribution >= 4 is 90.7 Å². The van der Waals surface area contributed by atoms with Crippen molar-refractivity contribution in [2.24, 2.45) is 0 Å². The highest BCUT2D eigenvalue weighted by Crippen LogP contribution is 2.31. The highest BCUT2D eigenvalue weighted by Gasteiger charge is 2.33. The largest absolute Gasteiger partial charge is 0.505 e. The molecule has 0 spiro atoms. The molecule has 0 saturated heterocycles. The zero-order valence-electron chi connectivity index (χ0n) is 32.6. The summed E-state index contributed by atoms with van der Waals surface area (Å²) in [6.07, 6.45) is 3.65. The number of hydrogen-bond donors (Lipinski definition) is 1. The minimum atomic E-state index is -4.32. The number of sulfonamides is 1. The fourth-order valence-electron chi connectivity index (χ4n) is 5.65. The average molecular weight is 1040 g/mol. The third-order valence-corrected chi connectivity index (χ3v) is 15.1. The SMILES string of the molecule is C.CCOC(=O)c1ccn(S(=O)(=O)c2ccc(Br)cc2)c1CN(CC(=O)OC)S(=O)(=O)c1ccc(C)cc1.COC(=O)c1ncc2c(ccn2S(=O)(=O)c2ccc(Br)cc2)c1O. The molecule has 6 aromatic rings.